The van der Waals surface area contributed by atoms with Crippen molar-refractivity contribution < 1.29 is 31.4 Å². The van der Waals surface area contributed by atoms with Crippen LogP contribution in [0.4, 0.5) is 26.3 Å². The monoisotopic (exact) mass is 332 g/mol. The van der Waals surface area contributed by atoms with Gasteiger partial charge >= 0.3 is 12.4 Å². The van der Waals surface area contributed by atoms with Crippen LogP contribution in [-0.2, 0) is 12.4 Å². The molecule has 0 radical (unpaired) electrons. The van der Waals surface area contributed by atoms with Crippen LogP contribution in [0.2, 0.25) is 0 Å². The summed E-state index contributed by atoms with van der Waals surface area (Å²) < 4.78 is 76.3. The molecule has 7 heteroatoms. The van der Waals surface area contributed by atoms with E-state index < -0.39 is 23.5 Å². The van der Waals surface area contributed by atoms with Gasteiger partial charge in [-0.1, -0.05) is 24.3 Å². The second-order valence-electron chi connectivity index (χ2n) is 4.76. The van der Waals surface area contributed by atoms with Gasteiger partial charge in [-0.2, -0.15) is 26.3 Å². The van der Waals surface area contributed by atoms with Crippen molar-refractivity contribution in [1.82, 2.24) is 0 Å². The zero-order valence-electron chi connectivity index (χ0n) is 11.4. The van der Waals surface area contributed by atoms with Crippen molar-refractivity contribution in [3.8, 4) is 5.75 Å². The fourth-order valence-electron chi connectivity index (χ4n) is 1.85. The van der Waals surface area contributed by atoms with Crippen LogP contribution in [0.5, 0.6) is 5.75 Å². The van der Waals surface area contributed by atoms with Gasteiger partial charge in [0.1, 0.15) is 5.75 Å². The van der Waals surface area contributed by atoms with E-state index >= 15 is 0 Å². The summed E-state index contributed by atoms with van der Waals surface area (Å²) >= 11 is 0. The number of rotatable bonds is 2. The maximum atomic E-state index is 12.7. The Morgan fingerprint density at radius 3 is 1.52 bits per heavy atom. The summed E-state index contributed by atoms with van der Waals surface area (Å²) in [6.45, 7) is 0. The van der Waals surface area contributed by atoms with Crippen LogP contribution in [0.25, 0.3) is 12.2 Å². The van der Waals surface area contributed by atoms with Gasteiger partial charge in [0.25, 0.3) is 0 Å². The maximum Gasteiger partial charge on any atom is 0.416 e. The van der Waals surface area contributed by atoms with Gasteiger partial charge < -0.3 is 5.11 Å². The lowest BCUT2D eigenvalue weighted by atomic mass is 10.0. The summed E-state index contributed by atoms with van der Waals surface area (Å²) in [6, 6.07) is 7.03. The van der Waals surface area contributed by atoms with Gasteiger partial charge in [0, 0.05) is 0 Å². The molecular formula is C16H10F6O. The molecule has 0 heterocycles. The quantitative estimate of drug-likeness (QED) is 0.560. The van der Waals surface area contributed by atoms with Gasteiger partial charge in [-0.25, -0.2) is 0 Å². The first-order valence-electron chi connectivity index (χ1n) is 6.32. The number of benzene rings is 2. The smallest absolute Gasteiger partial charge is 0.416 e. The highest BCUT2D eigenvalue weighted by Gasteiger charge is 2.36. The van der Waals surface area contributed by atoms with E-state index in [4.69, 9.17) is 5.11 Å². The number of halogens is 6. The Morgan fingerprint density at radius 1 is 0.652 bits per heavy atom. The van der Waals surface area contributed by atoms with E-state index in [0.717, 1.165) is 6.08 Å². The fraction of sp³-hybridized carbons (Fsp3) is 0.125. The van der Waals surface area contributed by atoms with Crippen LogP contribution in [-0.4, -0.2) is 5.11 Å². The van der Waals surface area contributed by atoms with Crippen molar-refractivity contribution in [1.29, 1.82) is 0 Å². The van der Waals surface area contributed by atoms with Crippen LogP contribution in [0.15, 0.2) is 42.5 Å². The van der Waals surface area contributed by atoms with E-state index in [2.05, 4.69) is 0 Å². The Balaban J connectivity index is 2.43. The lowest BCUT2D eigenvalue weighted by Gasteiger charge is -2.12. The topological polar surface area (TPSA) is 20.2 Å². The summed E-state index contributed by atoms with van der Waals surface area (Å²) in [5, 5.41) is 9.12. The first kappa shape index (κ1) is 16.9. The predicted octanol–water partition coefficient (Wildman–Crippen LogP) is 5.60. The van der Waals surface area contributed by atoms with Crippen molar-refractivity contribution in [3.63, 3.8) is 0 Å². The summed E-state index contributed by atoms with van der Waals surface area (Å²) in [4.78, 5) is 0. The summed E-state index contributed by atoms with van der Waals surface area (Å²) in [6.07, 6.45) is -7.24. The maximum absolute atomic E-state index is 12.7. The van der Waals surface area contributed by atoms with Crippen molar-refractivity contribution in [3.05, 3.63) is 64.7 Å². The van der Waals surface area contributed by atoms with Gasteiger partial charge in [0.2, 0.25) is 0 Å². The zero-order valence-corrected chi connectivity index (χ0v) is 11.4. The van der Waals surface area contributed by atoms with E-state index in [1.54, 1.807) is 0 Å². The highest BCUT2D eigenvalue weighted by molar-refractivity contribution is 5.70. The fourth-order valence-corrected chi connectivity index (χ4v) is 1.85. The van der Waals surface area contributed by atoms with E-state index in [1.165, 1.54) is 30.3 Å². The third-order valence-electron chi connectivity index (χ3n) is 2.97. The highest BCUT2D eigenvalue weighted by Crippen LogP contribution is 2.36. The number of alkyl halides is 6. The number of phenols is 1. The third kappa shape index (κ3) is 4.51. The Labute approximate surface area is 127 Å². The van der Waals surface area contributed by atoms with E-state index in [-0.39, 0.29) is 17.4 Å². The van der Waals surface area contributed by atoms with Crippen molar-refractivity contribution in [2.75, 3.05) is 0 Å². The van der Waals surface area contributed by atoms with Crippen LogP contribution in [0.3, 0.4) is 0 Å². The summed E-state index contributed by atoms with van der Waals surface area (Å²) in [5.41, 5.74) is -2.43. The van der Waals surface area contributed by atoms with Gasteiger partial charge in [-0.05, 0) is 41.5 Å². The molecule has 23 heavy (non-hydrogen) atoms. The molecule has 0 saturated carbocycles. The lowest BCUT2D eigenvalue weighted by molar-refractivity contribution is -0.143. The van der Waals surface area contributed by atoms with Gasteiger partial charge in [-0.3, -0.25) is 0 Å². The molecule has 2 aromatic rings. The second-order valence-corrected chi connectivity index (χ2v) is 4.76. The van der Waals surface area contributed by atoms with Crippen LogP contribution in [0.1, 0.15) is 22.3 Å². The van der Waals surface area contributed by atoms with E-state index in [1.807, 2.05) is 0 Å². The zero-order chi connectivity index (χ0) is 17.3. The van der Waals surface area contributed by atoms with Crippen LogP contribution >= 0.6 is 0 Å². The molecular weight excluding hydrogens is 322 g/mol. The molecule has 2 rings (SSSR count). The Bertz CT molecular complexity index is 679. The Hall–Kier alpha value is -2.44. The third-order valence-corrected chi connectivity index (χ3v) is 2.97. The second kappa shape index (κ2) is 5.98. The lowest BCUT2D eigenvalue weighted by Crippen LogP contribution is -2.11. The Kier molecular flexibility index (Phi) is 4.40. The highest BCUT2D eigenvalue weighted by atomic mass is 19.4. The number of aromatic hydroxyl groups is 1. The average Bonchev–Trinajstić information content (AvgIpc) is 2.44. The summed E-state index contributed by atoms with van der Waals surface area (Å²) in [7, 11) is 0. The van der Waals surface area contributed by atoms with Gasteiger partial charge in [0.15, 0.2) is 0 Å². The molecule has 0 atom stereocenters. The minimum absolute atomic E-state index is 0.000534. The first-order valence-corrected chi connectivity index (χ1v) is 6.32. The summed E-state index contributed by atoms with van der Waals surface area (Å²) in [5.74, 6) is 0.000534. The average molecular weight is 332 g/mol. The molecule has 1 nitrogen and oxygen atoms in total. The van der Waals surface area contributed by atoms with E-state index in [9.17, 15) is 26.3 Å². The molecule has 122 valence electrons. The predicted molar refractivity (Wildman–Crippen MR) is 73.5 cm³/mol. The van der Waals surface area contributed by atoms with Gasteiger partial charge in [0.05, 0.1) is 11.1 Å². The van der Waals surface area contributed by atoms with E-state index in [0.29, 0.717) is 17.7 Å². The minimum Gasteiger partial charge on any atom is -0.508 e. The normalized spacial score (nSPS) is 12.8. The van der Waals surface area contributed by atoms with Crippen LogP contribution in [0, 0.1) is 0 Å². The first-order chi connectivity index (χ1) is 10.6. The van der Waals surface area contributed by atoms with Crippen molar-refractivity contribution in [2.45, 2.75) is 12.4 Å². The largest absolute Gasteiger partial charge is 0.508 e. The van der Waals surface area contributed by atoms with Crippen LogP contribution < -0.4 is 0 Å². The molecule has 0 unspecified atom stereocenters. The molecule has 0 bridgehead atoms. The van der Waals surface area contributed by atoms with Crippen molar-refractivity contribution >= 4 is 12.2 Å². The molecule has 0 saturated heterocycles. The molecule has 0 aliphatic carbocycles. The number of hydrogen-bond donors (Lipinski definition) is 1. The molecule has 0 amide bonds. The SMILES string of the molecule is Oc1ccc(/C=C/c2cc(C(F)(F)F)cc(C(F)(F)F)c2)cc1. The number of phenolic OH excluding ortho intramolecular Hbond substituents is 1. The van der Waals surface area contributed by atoms with Gasteiger partial charge in [-0.15, -0.1) is 0 Å². The molecule has 1 N–H and O–H groups in total. The Morgan fingerprint density at radius 2 is 1.09 bits per heavy atom. The molecule has 0 fully saturated rings. The molecule has 0 aromatic heterocycles. The standard InChI is InChI=1S/C16H10F6O/c17-15(18,19)12-7-11(8-13(9-12)16(20,21)22)2-1-10-3-5-14(23)6-4-10/h1-9,23H/b2-1+. The van der Waals surface area contributed by atoms with Crippen molar-refractivity contribution in [2.24, 2.45) is 0 Å². The molecule has 0 spiro atoms. The molecule has 2 aromatic carbocycles. The molecule has 0 aliphatic rings. The molecule has 0 aliphatic heterocycles. The number of hydrogen-bond acceptors (Lipinski definition) is 1. The minimum atomic E-state index is -4.87.